The van der Waals surface area contributed by atoms with Crippen molar-refractivity contribution in [2.45, 2.75) is 6.54 Å². The maximum Gasteiger partial charge on any atom is 0.148 e. The first-order valence-corrected chi connectivity index (χ1v) is 4.88. The van der Waals surface area contributed by atoms with Crippen LogP contribution in [0.3, 0.4) is 0 Å². The van der Waals surface area contributed by atoms with Gasteiger partial charge in [0.25, 0.3) is 0 Å². The molecule has 62 valence electrons. The number of hydrogen-bond acceptors (Lipinski definition) is 5. The van der Waals surface area contributed by atoms with Gasteiger partial charge in [0.05, 0.1) is 0 Å². The van der Waals surface area contributed by atoms with Crippen molar-refractivity contribution in [3.63, 3.8) is 0 Å². The first-order chi connectivity index (χ1) is 5.81. The van der Waals surface area contributed by atoms with Crippen molar-refractivity contribution >= 4 is 37.6 Å². The van der Waals surface area contributed by atoms with Gasteiger partial charge < -0.3 is 5.73 Å². The van der Waals surface area contributed by atoms with E-state index in [1.165, 1.54) is 17.7 Å². The van der Waals surface area contributed by atoms with E-state index < -0.39 is 0 Å². The molecule has 4 nitrogen and oxygen atoms in total. The van der Waals surface area contributed by atoms with E-state index in [0.717, 1.165) is 20.0 Å². The van der Waals surface area contributed by atoms with Crippen LogP contribution >= 0.6 is 27.3 Å². The van der Waals surface area contributed by atoms with Gasteiger partial charge in [-0.2, -0.15) is 0 Å². The maximum absolute atomic E-state index is 5.45. The molecule has 0 atom stereocenters. The molecule has 0 saturated heterocycles. The molecule has 2 rings (SSSR count). The SMILES string of the molecule is NCc1nc2c(Br)ncnc2s1. The highest BCUT2D eigenvalue weighted by atomic mass is 79.9. The Morgan fingerprint density at radius 1 is 1.50 bits per heavy atom. The van der Waals surface area contributed by atoms with Crippen molar-refractivity contribution in [3.8, 4) is 0 Å². The van der Waals surface area contributed by atoms with Gasteiger partial charge in [0, 0.05) is 6.54 Å². The standard InChI is InChI=1S/C6H5BrN4S/c7-5-4-6(10-2-9-5)12-3(1-8)11-4/h2H,1,8H2. The smallest absolute Gasteiger partial charge is 0.148 e. The van der Waals surface area contributed by atoms with Crippen LogP contribution in [0, 0.1) is 0 Å². The molecule has 12 heavy (non-hydrogen) atoms. The molecular weight excluding hydrogens is 240 g/mol. The van der Waals surface area contributed by atoms with Crippen LogP contribution in [0.4, 0.5) is 0 Å². The monoisotopic (exact) mass is 244 g/mol. The highest BCUT2D eigenvalue weighted by Gasteiger charge is 2.06. The van der Waals surface area contributed by atoms with Crippen LogP contribution in [0.1, 0.15) is 5.01 Å². The van der Waals surface area contributed by atoms with Gasteiger partial charge in [0.2, 0.25) is 0 Å². The van der Waals surface area contributed by atoms with E-state index in [0.29, 0.717) is 6.54 Å². The topological polar surface area (TPSA) is 64.7 Å². The highest BCUT2D eigenvalue weighted by Crippen LogP contribution is 2.23. The lowest BCUT2D eigenvalue weighted by Crippen LogP contribution is -1.93. The number of fused-ring (bicyclic) bond motifs is 1. The van der Waals surface area contributed by atoms with Gasteiger partial charge in [-0.05, 0) is 15.9 Å². The van der Waals surface area contributed by atoms with Crippen LogP contribution in [0.2, 0.25) is 0 Å². The Kier molecular flexibility index (Phi) is 2.03. The molecule has 0 aliphatic rings. The molecule has 0 amide bonds. The zero-order chi connectivity index (χ0) is 8.55. The zero-order valence-corrected chi connectivity index (χ0v) is 8.39. The van der Waals surface area contributed by atoms with Crippen LogP contribution in [0.25, 0.3) is 10.3 Å². The van der Waals surface area contributed by atoms with Gasteiger partial charge in [-0.1, -0.05) is 11.3 Å². The van der Waals surface area contributed by atoms with Crippen LogP contribution in [-0.2, 0) is 6.54 Å². The molecule has 0 fully saturated rings. The molecule has 0 bridgehead atoms. The van der Waals surface area contributed by atoms with Gasteiger partial charge >= 0.3 is 0 Å². The molecule has 0 radical (unpaired) electrons. The highest BCUT2D eigenvalue weighted by molar-refractivity contribution is 9.10. The summed E-state index contributed by atoms with van der Waals surface area (Å²) in [7, 11) is 0. The van der Waals surface area contributed by atoms with Crippen molar-refractivity contribution < 1.29 is 0 Å². The predicted molar refractivity (Wildman–Crippen MR) is 50.8 cm³/mol. The van der Waals surface area contributed by atoms with Crippen molar-refractivity contribution in [3.05, 3.63) is 15.9 Å². The Labute approximate surface area is 81.0 Å². The molecule has 6 heteroatoms. The van der Waals surface area contributed by atoms with Crippen LogP contribution in [-0.4, -0.2) is 15.0 Å². The van der Waals surface area contributed by atoms with E-state index in [4.69, 9.17) is 5.73 Å². The first kappa shape index (κ1) is 8.03. The summed E-state index contributed by atoms with van der Waals surface area (Å²) in [5.41, 5.74) is 6.24. The number of thiazole rings is 1. The number of hydrogen-bond donors (Lipinski definition) is 1. The summed E-state index contributed by atoms with van der Waals surface area (Å²) in [6.45, 7) is 0.452. The van der Waals surface area contributed by atoms with E-state index in [9.17, 15) is 0 Å². The quantitative estimate of drug-likeness (QED) is 0.769. The average molecular weight is 245 g/mol. The average Bonchev–Trinajstić information content (AvgIpc) is 2.49. The molecule has 0 aliphatic heterocycles. The molecule has 0 aromatic carbocycles. The minimum Gasteiger partial charge on any atom is -0.325 e. The Morgan fingerprint density at radius 2 is 2.33 bits per heavy atom. The van der Waals surface area contributed by atoms with E-state index in [2.05, 4.69) is 30.9 Å². The number of rotatable bonds is 1. The Hall–Kier alpha value is -0.590. The fourth-order valence-corrected chi connectivity index (χ4v) is 2.14. The molecule has 2 aromatic heterocycles. The van der Waals surface area contributed by atoms with Gasteiger partial charge in [0.15, 0.2) is 0 Å². The molecule has 0 aliphatic carbocycles. The van der Waals surface area contributed by atoms with Crippen molar-refractivity contribution in [2.75, 3.05) is 0 Å². The summed E-state index contributed by atoms with van der Waals surface area (Å²) in [5, 5.41) is 0.881. The summed E-state index contributed by atoms with van der Waals surface area (Å²) >= 11 is 4.79. The Balaban J connectivity index is 2.74. The summed E-state index contributed by atoms with van der Waals surface area (Å²) in [4.78, 5) is 13.2. The largest absolute Gasteiger partial charge is 0.325 e. The zero-order valence-electron chi connectivity index (χ0n) is 5.99. The molecule has 0 unspecified atom stereocenters. The van der Waals surface area contributed by atoms with Crippen molar-refractivity contribution in [2.24, 2.45) is 5.73 Å². The molecule has 0 saturated carbocycles. The molecule has 2 aromatic rings. The maximum atomic E-state index is 5.45. The second-order valence-electron chi connectivity index (χ2n) is 2.13. The third kappa shape index (κ3) is 1.21. The molecule has 2 N–H and O–H groups in total. The van der Waals surface area contributed by atoms with Crippen molar-refractivity contribution in [1.29, 1.82) is 0 Å². The summed E-state index contributed by atoms with van der Waals surface area (Å²) < 4.78 is 0.725. The summed E-state index contributed by atoms with van der Waals surface area (Å²) in [6.07, 6.45) is 1.50. The Morgan fingerprint density at radius 3 is 3.00 bits per heavy atom. The van der Waals surface area contributed by atoms with Crippen LogP contribution in [0.15, 0.2) is 10.9 Å². The number of aromatic nitrogens is 3. The molecule has 2 heterocycles. The van der Waals surface area contributed by atoms with E-state index in [-0.39, 0.29) is 0 Å². The minimum atomic E-state index is 0.452. The van der Waals surface area contributed by atoms with E-state index in [1.807, 2.05) is 0 Å². The van der Waals surface area contributed by atoms with Gasteiger partial charge in [-0.25, -0.2) is 15.0 Å². The van der Waals surface area contributed by atoms with Crippen LogP contribution < -0.4 is 5.73 Å². The Bertz CT molecular complexity index is 413. The normalized spacial score (nSPS) is 10.8. The predicted octanol–water partition coefficient (Wildman–Crippen LogP) is 1.31. The number of nitrogens with two attached hydrogens (primary N) is 1. The van der Waals surface area contributed by atoms with Gasteiger partial charge in [0.1, 0.15) is 26.3 Å². The third-order valence-corrected chi connectivity index (χ3v) is 2.94. The van der Waals surface area contributed by atoms with Gasteiger partial charge in [-0.3, -0.25) is 0 Å². The lowest BCUT2D eigenvalue weighted by atomic mass is 10.6. The minimum absolute atomic E-state index is 0.452. The second kappa shape index (κ2) is 3.04. The van der Waals surface area contributed by atoms with Crippen LogP contribution in [0.5, 0.6) is 0 Å². The number of halogens is 1. The third-order valence-electron chi connectivity index (χ3n) is 1.37. The molecular formula is C6H5BrN4S. The number of nitrogens with zero attached hydrogens (tertiary/aromatic N) is 3. The fraction of sp³-hybridized carbons (Fsp3) is 0.167. The second-order valence-corrected chi connectivity index (χ2v) is 3.94. The lowest BCUT2D eigenvalue weighted by Gasteiger charge is -1.86. The van der Waals surface area contributed by atoms with Crippen molar-refractivity contribution in [1.82, 2.24) is 15.0 Å². The van der Waals surface area contributed by atoms with E-state index in [1.54, 1.807) is 0 Å². The molecule has 0 spiro atoms. The summed E-state index contributed by atoms with van der Waals surface area (Å²) in [6, 6.07) is 0. The lowest BCUT2D eigenvalue weighted by molar-refractivity contribution is 1.04. The van der Waals surface area contributed by atoms with Gasteiger partial charge in [-0.15, -0.1) is 0 Å². The van der Waals surface area contributed by atoms with E-state index >= 15 is 0 Å². The fourth-order valence-electron chi connectivity index (χ4n) is 0.858. The first-order valence-electron chi connectivity index (χ1n) is 3.27. The summed E-state index contributed by atoms with van der Waals surface area (Å²) in [5.74, 6) is 0.